The molecular formula is C35H38N4O6. The molecule has 45 heavy (non-hydrogen) atoms. The lowest BCUT2D eigenvalue weighted by molar-refractivity contribution is -0.384. The molecule has 2 atom stereocenters. The van der Waals surface area contributed by atoms with E-state index in [1.807, 2.05) is 67.3 Å². The number of morpholine rings is 1. The fourth-order valence-electron chi connectivity index (χ4n) is 6.46. The van der Waals surface area contributed by atoms with Crippen molar-refractivity contribution in [3.05, 3.63) is 99.1 Å². The monoisotopic (exact) mass is 610 g/mol. The van der Waals surface area contributed by atoms with Crippen LogP contribution in [0.5, 0.6) is 11.5 Å². The molecule has 2 fully saturated rings. The van der Waals surface area contributed by atoms with E-state index in [-0.39, 0.29) is 29.1 Å². The van der Waals surface area contributed by atoms with Gasteiger partial charge in [0.2, 0.25) is 0 Å². The summed E-state index contributed by atoms with van der Waals surface area (Å²) in [5.41, 5.74) is 4.59. The van der Waals surface area contributed by atoms with Crippen LogP contribution in [0.4, 0.5) is 11.4 Å². The fourth-order valence-corrected chi connectivity index (χ4v) is 6.46. The first-order valence-electron chi connectivity index (χ1n) is 15.7. The van der Waals surface area contributed by atoms with E-state index >= 15 is 0 Å². The predicted octanol–water partition coefficient (Wildman–Crippen LogP) is 6.67. The molecule has 10 heteroatoms. The summed E-state index contributed by atoms with van der Waals surface area (Å²) < 4.78 is 16.7. The molecule has 6 rings (SSSR count). The first-order chi connectivity index (χ1) is 22.0. The van der Waals surface area contributed by atoms with Crippen molar-refractivity contribution in [1.82, 2.24) is 5.01 Å². The van der Waals surface area contributed by atoms with Gasteiger partial charge in [-0.3, -0.25) is 14.9 Å². The van der Waals surface area contributed by atoms with Crippen LogP contribution < -0.4 is 14.4 Å². The maximum atomic E-state index is 14.3. The molecule has 0 bridgehead atoms. The van der Waals surface area contributed by atoms with Gasteiger partial charge in [0.05, 0.1) is 43.1 Å². The van der Waals surface area contributed by atoms with Crippen molar-refractivity contribution >= 4 is 29.1 Å². The van der Waals surface area contributed by atoms with Crippen molar-refractivity contribution < 1.29 is 23.9 Å². The van der Waals surface area contributed by atoms with E-state index < -0.39 is 4.92 Å². The third kappa shape index (κ3) is 6.42. The van der Waals surface area contributed by atoms with Crippen LogP contribution in [0.2, 0.25) is 0 Å². The summed E-state index contributed by atoms with van der Waals surface area (Å²) in [4.78, 5) is 28.0. The van der Waals surface area contributed by atoms with Gasteiger partial charge in [-0.05, 0) is 92.3 Å². The Labute approximate surface area is 263 Å². The highest BCUT2D eigenvalue weighted by molar-refractivity contribution is 6.09. The molecule has 3 aromatic carbocycles. The van der Waals surface area contributed by atoms with Gasteiger partial charge in [0.1, 0.15) is 17.2 Å². The Balaban J connectivity index is 1.38. The van der Waals surface area contributed by atoms with Gasteiger partial charge in [-0.25, -0.2) is 5.01 Å². The van der Waals surface area contributed by atoms with Gasteiger partial charge in [0.25, 0.3) is 11.6 Å². The summed E-state index contributed by atoms with van der Waals surface area (Å²) in [6.07, 6.45) is 4.82. The molecule has 1 saturated heterocycles. The average molecular weight is 611 g/mol. The SMILES string of the molecule is CCOc1ccc(/C=C2/CCCC3C2=NN(C(=O)c2ccc(N4CCOCC4)c([N+](=O)[O-])c2)C3c2ccc(OCC)cc2)cc1. The Hall–Kier alpha value is -4.70. The molecular weight excluding hydrogens is 572 g/mol. The van der Waals surface area contributed by atoms with Crippen molar-refractivity contribution in [3.63, 3.8) is 0 Å². The second kappa shape index (κ2) is 13.5. The Morgan fingerprint density at radius 3 is 2.31 bits per heavy atom. The van der Waals surface area contributed by atoms with E-state index in [9.17, 15) is 14.9 Å². The number of hydrazone groups is 1. The highest BCUT2D eigenvalue weighted by atomic mass is 16.6. The third-order valence-corrected chi connectivity index (χ3v) is 8.55. The lowest BCUT2D eigenvalue weighted by atomic mass is 9.77. The Kier molecular flexibility index (Phi) is 9.11. The maximum absolute atomic E-state index is 14.3. The number of anilines is 1. The van der Waals surface area contributed by atoms with Crippen LogP contribution in [0.25, 0.3) is 6.08 Å². The number of nitro groups is 1. The number of amides is 1. The number of hydrogen-bond donors (Lipinski definition) is 0. The van der Waals surface area contributed by atoms with Crippen LogP contribution >= 0.6 is 0 Å². The number of nitrogens with zero attached hydrogens (tertiary/aromatic N) is 4. The maximum Gasteiger partial charge on any atom is 0.293 e. The summed E-state index contributed by atoms with van der Waals surface area (Å²) in [7, 11) is 0. The number of nitro benzene ring substituents is 1. The molecule has 234 valence electrons. The highest BCUT2D eigenvalue weighted by Gasteiger charge is 2.44. The van der Waals surface area contributed by atoms with Crippen LogP contribution in [0, 0.1) is 16.0 Å². The van der Waals surface area contributed by atoms with Gasteiger partial charge in [-0.2, -0.15) is 5.10 Å². The highest BCUT2D eigenvalue weighted by Crippen LogP contribution is 2.45. The summed E-state index contributed by atoms with van der Waals surface area (Å²) in [5.74, 6) is 1.19. The summed E-state index contributed by atoms with van der Waals surface area (Å²) >= 11 is 0. The van der Waals surface area contributed by atoms with Crippen molar-refractivity contribution in [3.8, 4) is 11.5 Å². The lowest BCUT2D eigenvalue weighted by Gasteiger charge is -2.30. The standard InChI is InChI=1S/C35H38N4O6/c1-3-44-28-13-8-24(9-14-28)22-26-6-5-7-30-33(26)36-38(34(30)25-10-15-29(16-11-25)45-4-2)35(40)27-12-17-31(32(23-27)39(41)42)37-18-20-43-21-19-37/h8-17,22-23,30,34H,3-7,18-21H2,1-2H3/b26-22-. The first kappa shape index (κ1) is 30.3. The van der Waals surface area contributed by atoms with Crippen LogP contribution in [-0.2, 0) is 4.74 Å². The molecule has 3 aliphatic rings. The summed E-state index contributed by atoms with van der Waals surface area (Å²) in [6, 6.07) is 20.2. The largest absolute Gasteiger partial charge is 0.494 e. The Morgan fingerprint density at radius 2 is 1.67 bits per heavy atom. The molecule has 3 aromatic rings. The van der Waals surface area contributed by atoms with Gasteiger partial charge in [0, 0.05) is 30.6 Å². The van der Waals surface area contributed by atoms with E-state index in [1.165, 1.54) is 6.07 Å². The van der Waals surface area contributed by atoms with Crippen molar-refractivity contribution in [2.75, 3.05) is 44.4 Å². The second-order valence-corrected chi connectivity index (χ2v) is 11.3. The Morgan fingerprint density at radius 1 is 1.00 bits per heavy atom. The van der Waals surface area contributed by atoms with Crippen molar-refractivity contribution in [2.45, 2.75) is 39.2 Å². The van der Waals surface area contributed by atoms with Gasteiger partial charge < -0.3 is 19.1 Å². The van der Waals surface area contributed by atoms with E-state index in [2.05, 4.69) is 6.08 Å². The molecule has 0 aromatic heterocycles. The molecule has 1 amide bonds. The Bertz CT molecular complexity index is 1600. The molecule has 0 N–H and O–H groups in total. The molecule has 0 spiro atoms. The van der Waals surface area contributed by atoms with E-state index in [0.29, 0.717) is 45.2 Å². The number of carbonyl (C=O) groups excluding carboxylic acids is 1. The van der Waals surface area contributed by atoms with Crippen LogP contribution in [0.15, 0.2) is 77.4 Å². The van der Waals surface area contributed by atoms with Gasteiger partial charge in [0.15, 0.2) is 0 Å². The number of rotatable bonds is 9. The predicted molar refractivity (Wildman–Crippen MR) is 173 cm³/mol. The topological polar surface area (TPSA) is 107 Å². The summed E-state index contributed by atoms with van der Waals surface area (Å²) in [5, 5.41) is 18.7. The van der Waals surface area contributed by atoms with Crippen LogP contribution in [-0.4, -0.2) is 61.1 Å². The fraction of sp³-hybridized carbons (Fsp3) is 0.371. The zero-order valence-corrected chi connectivity index (χ0v) is 25.7. The minimum atomic E-state index is -0.418. The number of carbonyl (C=O) groups is 1. The molecule has 1 saturated carbocycles. The normalized spacial score (nSPS) is 20.5. The molecule has 10 nitrogen and oxygen atoms in total. The number of benzene rings is 3. The number of allylic oxidation sites excluding steroid dienone is 1. The minimum absolute atomic E-state index is 0.0165. The zero-order chi connectivity index (χ0) is 31.3. The van der Waals surface area contributed by atoms with Crippen LogP contribution in [0.1, 0.15) is 60.6 Å². The quantitative estimate of drug-likeness (QED) is 0.197. The number of fused-ring (bicyclic) bond motifs is 1. The van der Waals surface area contributed by atoms with Gasteiger partial charge in [-0.1, -0.05) is 24.3 Å². The average Bonchev–Trinajstić information content (AvgIpc) is 3.47. The van der Waals surface area contributed by atoms with E-state index in [0.717, 1.165) is 53.2 Å². The van der Waals surface area contributed by atoms with Crippen molar-refractivity contribution in [2.24, 2.45) is 11.0 Å². The number of ether oxygens (including phenoxy) is 3. The molecule has 1 aliphatic carbocycles. The molecule has 0 radical (unpaired) electrons. The van der Waals surface area contributed by atoms with Crippen LogP contribution in [0.3, 0.4) is 0 Å². The number of hydrogen-bond acceptors (Lipinski definition) is 8. The zero-order valence-electron chi connectivity index (χ0n) is 25.7. The summed E-state index contributed by atoms with van der Waals surface area (Å²) in [6.45, 7) is 7.17. The second-order valence-electron chi connectivity index (χ2n) is 11.3. The van der Waals surface area contributed by atoms with Gasteiger partial charge >= 0.3 is 0 Å². The third-order valence-electron chi connectivity index (χ3n) is 8.55. The van der Waals surface area contributed by atoms with Gasteiger partial charge in [-0.15, -0.1) is 0 Å². The van der Waals surface area contributed by atoms with E-state index in [1.54, 1.807) is 17.1 Å². The lowest BCUT2D eigenvalue weighted by Crippen LogP contribution is -2.36. The van der Waals surface area contributed by atoms with E-state index in [4.69, 9.17) is 19.3 Å². The molecule has 2 heterocycles. The first-order valence-corrected chi connectivity index (χ1v) is 15.7. The molecule has 2 unspecified atom stereocenters. The van der Waals surface area contributed by atoms with Crippen molar-refractivity contribution in [1.29, 1.82) is 0 Å². The molecule has 2 aliphatic heterocycles. The minimum Gasteiger partial charge on any atom is -0.494 e. The smallest absolute Gasteiger partial charge is 0.293 e.